The van der Waals surface area contributed by atoms with Crippen LogP contribution in [-0.2, 0) is 14.3 Å². The molecule has 2 N–H and O–H groups in total. The molecule has 2 rings (SSSR count). The molecule has 0 aromatic carbocycles. The summed E-state index contributed by atoms with van der Waals surface area (Å²) in [6.07, 6.45) is 2.01. The quantitative estimate of drug-likeness (QED) is 0.722. The van der Waals surface area contributed by atoms with Crippen LogP contribution < -0.4 is 10.6 Å². The number of morpholine rings is 1. The number of nitrogens with one attached hydrogen (secondary N) is 2. The van der Waals surface area contributed by atoms with E-state index in [4.69, 9.17) is 9.47 Å². The molecule has 1 unspecified atom stereocenters. The van der Waals surface area contributed by atoms with Crippen LogP contribution in [0, 0.1) is 0 Å². The van der Waals surface area contributed by atoms with E-state index in [1.54, 1.807) is 0 Å². The molecule has 2 heterocycles. The van der Waals surface area contributed by atoms with Gasteiger partial charge in [0.15, 0.2) is 0 Å². The van der Waals surface area contributed by atoms with Crippen molar-refractivity contribution < 1.29 is 14.3 Å². The van der Waals surface area contributed by atoms with Gasteiger partial charge in [-0.25, -0.2) is 0 Å². The Bertz CT molecular complexity index is 216. The zero-order valence-corrected chi connectivity index (χ0v) is 10.1. The predicted molar refractivity (Wildman–Crippen MR) is 61.8 cm³/mol. The van der Waals surface area contributed by atoms with Gasteiger partial charge < -0.3 is 20.1 Å². The average Bonchev–Trinajstić information content (AvgIpc) is 2.80. The molecule has 0 bridgehead atoms. The third kappa shape index (κ3) is 3.90. The fraction of sp³-hybridized carbons (Fsp3) is 0.900. The fourth-order valence-corrected chi connectivity index (χ4v) is 1.87. The van der Waals surface area contributed by atoms with Crippen molar-refractivity contribution >= 4 is 18.3 Å². The summed E-state index contributed by atoms with van der Waals surface area (Å²) in [6, 6.07) is 0. The van der Waals surface area contributed by atoms with Crippen LogP contribution in [0.1, 0.15) is 12.8 Å². The summed E-state index contributed by atoms with van der Waals surface area (Å²) in [6.45, 7) is 3.48. The van der Waals surface area contributed by atoms with Crippen LogP contribution in [0.2, 0.25) is 0 Å². The van der Waals surface area contributed by atoms with Crippen LogP contribution in [0.25, 0.3) is 0 Å². The summed E-state index contributed by atoms with van der Waals surface area (Å²) in [5.74, 6) is -0.0299. The first-order valence-corrected chi connectivity index (χ1v) is 5.58. The van der Waals surface area contributed by atoms with Crippen molar-refractivity contribution in [2.24, 2.45) is 0 Å². The predicted octanol–water partition coefficient (Wildman–Crippen LogP) is -0.308. The monoisotopic (exact) mass is 250 g/mol. The molecule has 94 valence electrons. The summed E-state index contributed by atoms with van der Waals surface area (Å²) < 4.78 is 10.8. The molecular formula is C10H19ClN2O3. The van der Waals surface area contributed by atoms with Gasteiger partial charge in [-0.15, -0.1) is 12.4 Å². The molecule has 0 radical (unpaired) electrons. The maximum atomic E-state index is 11.6. The standard InChI is InChI=1S/C10H18N2O3.ClH/c13-10(9-7-11-3-5-15-9)12-6-8-2-1-4-14-8;/h8-9,11H,1-7H2,(H,12,13);1H/t8?,9-;/m1./s1. The maximum Gasteiger partial charge on any atom is 0.250 e. The smallest absolute Gasteiger partial charge is 0.250 e. The van der Waals surface area contributed by atoms with Gasteiger partial charge >= 0.3 is 0 Å². The van der Waals surface area contributed by atoms with Gasteiger partial charge in [0.05, 0.1) is 12.7 Å². The molecule has 2 fully saturated rings. The van der Waals surface area contributed by atoms with Crippen molar-refractivity contribution in [1.29, 1.82) is 0 Å². The van der Waals surface area contributed by atoms with Crippen LogP contribution in [0.15, 0.2) is 0 Å². The first-order chi connectivity index (χ1) is 7.36. The minimum Gasteiger partial charge on any atom is -0.376 e. The Hall–Kier alpha value is -0.360. The number of carbonyl (C=O) groups is 1. The van der Waals surface area contributed by atoms with Gasteiger partial charge in [0.1, 0.15) is 6.10 Å². The molecule has 0 aromatic heterocycles. The van der Waals surface area contributed by atoms with Crippen LogP contribution in [0.3, 0.4) is 0 Å². The highest BCUT2D eigenvalue weighted by Crippen LogP contribution is 2.10. The van der Waals surface area contributed by atoms with E-state index in [9.17, 15) is 4.79 Å². The van der Waals surface area contributed by atoms with Gasteiger partial charge in [-0.05, 0) is 12.8 Å². The number of amides is 1. The van der Waals surface area contributed by atoms with Crippen molar-refractivity contribution in [3.8, 4) is 0 Å². The normalized spacial score (nSPS) is 29.5. The number of hydrogen-bond donors (Lipinski definition) is 2. The molecule has 0 aliphatic carbocycles. The number of ether oxygens (including phenoxy) is 2. The molecule has 5 nitrogen and oxygen atoms in total. The topological polar surface area (TPSA) is 59.6 Å². The van der Waals surface area contributed by atoms with Crippen molar-refractivity contribution in [3.63, 3.8) is 0 Å². The Morgan fingerprint density at radius 1 is 1.38 bits per heavy atom. The lowest BCUT2D eigenvalue weighted by molar-refractivity contribution is -0.134. The molecule has 2 saturated heterocycles. The highest BCUT2D eigenvalue weighted by Gasteiger charge is 2.23. The summed E-state index contributed by atoms with van der Waals surface area (Å²) in [7, 11) is 0. The minimum atomic E-state index is -0.333. The van der Waals surface area contributed by atoms with E-state index >= 15 is 0 Å². The summed E-state index contributed by atoms with van der Waals surface area (Å²) in [4.78, 5) is 11.6. The van der Waals surface area contributed by atoms with Crippen molar-refractivity contribution in [2.75, 3.05) is 32.8 Å². The lowest BCUT2D eigenvalue weighted by Gasteiger charge is -2.23. The number of carbonyl (C=O) groups excluding carboxylic acids is 1. The number of halogens is 1. The van der Waals surface area contributed by atoms with Gasteiger partial charge in [0.25, 0.3) is 5.91 Å². The summed E-state index contributed by atoms with van der Waals surface area (Å²) in [5.41, 5.74) is 0. The minimum absolute atomic E-state index is 0. The van der Waals surface area contributed by atoms with Gasteiger partial charge in [-0.3, -0.25) is 4.79 Å². The molecule has 0 saturated carbocycles. The Morgan fingerprint density at radius 3 is 2.88 bits per heavy atom. The SMILES string of the molecule is Cl.O=C(NCC1CCCO1)[C@H]1CNCCO1. The highest BCUT2D eigenvalue weighted by molar-refractivity contribution is 5.85. The zero-order valence-electron chi connectivity index (χ0n) is 9.24. The second-order valence-electron chi connectivity index (χ2n) is 3.94. The Kier molecular flexibility index (Phi) is 6.05. The molecule has 2 atom stereocenters. The second kappa shape index (κ2) is 7.06. The van der Waals surface area contributed by atoms with Crippen molar-refractivity contribution in [3.05, 3.63) is 0 Å². The van der Waals surface area contributed by atoms with E-state index in [2.05, 4.69) is 10.6 Å². The van der Waals surface area contributed by atoms with Crippen LogP contribution in [0.4, 0.5) is 0 Å². The van der Waals surface area contributed by atoms with Gasteiger partial charge in [-0.1, -0.05) is 0 Å². The van der Waals surface area contributed by atoms with E-state index in [1.165, 1.54) is 0 Å². The van der Waals surface area contributed by atoms with E-state index < -0.39 is 0 Å². The molecule has 1 amide bonds. The highest BCUT2D eigenvalue weighted by atomic mass is 35.5. The molecular weight excluding hydrogens is 232 g/mol. The Labute approximate surface area is 102 Å². The molecule has 2 aliphatic rings. The average molecular weight is 251 g/mol. The van der Waals surface area contributed by atoms with Crippen LogP contribution >= 0.6 is 12.4 Å². The Morgan fingerprint density at radius 2 is 2.25 bits per heavy atom. The fourth-order valence-electron chi connectivity index (χ4n) is 1.87. The van der Waals surface area contributed by atoms with Crippen molar-refractivity contribution in [2.45, 2.75) is 25.0 Å². The third-order valence-corrected chi connectivity index (χ3v) is 2.75. The van der Waals surface area contributed by atoms with Crippen molar-refractivity contribution in [1.82, 2.24) is 10.6 Å². The molecule has 0 spiro atoms. The lowest BCUT2D eigenvalue weighted by atomic mass is 10.2. The van der Waals surface area contributed by atoms with Gasteiger partial charge in [0, 0.05) is 26.2 Å². The van der Waals surface area contributed by atoms with E-state index in [0.717, 1.165) is 26.0 Å². The molecule has 16 heavy (non-hydrogen) atoms. The first kappa shape index (κ1) is 13.7. The molecule has 0 aromatic rings. The summed E-state index contributed by atoms with van der Waals surface area (Å²) in [5, 5.41) is 5.99. The maximum absolute atomic E-state index is 11.6. The molecule has 6 heteroatoms. The zero-order chi connectivity index (χ0) is 10.5. The first-order valence-electron chi connectivity index (χ1n) is 5.58. The molecule has 2 aliphatic heterocycles. The van der Waals surface area contributed by atoms with Crippen LogP contribution in [-0.4, -0.2) is 51.0 Å². The van der Waals surface area contributed by atoms with E-state index in [1.807, 2.05) is 0 Å². The van der Waals surface area contributed by atoms with Crippen LogP contribution in [0.5, 0.6) is 0 Å². The lowest BCUT2D eigenvalue weighted by Crippen LogP contribution is -2.49. The number of rotatable bonds is 3. The second-order valence-corrected chi connectivity index (χ2v) is 3.94. The largest absolute Gasteiger partial charge is 0.376 e. The summed E-state index contributed by atoms with van der Waals surface area (Å²) >= 11 is 0. The third-order valence-electron chi connectivity index (χ3n) is 2.75. The van der Waals surface area contributed by atoms with E-state index in [0.29, 0.717) is 19.7 Å². The van der Waals surface area contributed by atoms with Gasteiger partial charge in [0.2, 0.25) is 0 Å². The van der Waals surface area contributed by atoms with Gasteiger partial charge in [-0.2, -0.15) is 0 Å². The Balaban J connectivity index is 0.00000128. The number of hydrogen-bond acceptors (Lipinski definition) is 4. The van der Waals surface area contributed by atoms with E-state index in [-0.39, 0.29) is 30.5 Å².